The van der Waals surface area contributed by atoms with Crippen molar-refractivity contribution in [3.63, 3.8) is 0 Å². The Balaban J connectivity index is 2.03. The van der Waals surface area contributed by atoms with E-state index in [-0.39, 0.29) is 25.5 Å². The van der Waals surface area contributed by atoms with Crippen LogP contribution in [0.1, 0.15) is 11.5 Å². The van der Waals surface area contributed by atoms with E-state index in [1.54, 1.807) is 14.0 Å². The van der Waals surface area contributed by atoms with Gasteiger partial charge in [0.1, 0.15) is 5.76 Å². The van der Waals surface area contributed by atoms with Crippen LogP contribution in [0.25, 0.3) is 11.5 Å². The van der Waals surface area contributed by atoms with Gasteiger partial charge in [-0.1, -0.05) is 18.2 Å². The quantitative estimate of drug-likeness (QED) is 0.840. The van der Waals surface area contributed by atoms with Crippen LogP contribution in [-0.2, 0) is 16.0 Å². The van der Waals surface area contributed by atoms with Crippen molar-refractivity contribution in [2.75, 3.05) is 27.3 Å². The number of methoxy groups -OCH3 is 1. The highest BCUT2D eigenvalue weighted by molar-refractivity contribution is 5.78. The SMILES string of the molecule is COCC(O)CN(C)C(=O)Cc1nc(-c2ccccc2)oc1C. The molecule has 0 bridgehead atoms. The van der Waals surface area contributed by atoms with Gasteiger partial charge in [0.25, 0.3) is 0 Å². The lowest BCUT2D eigenvalue weighted by Crippen LogP contribution is -2.37. The Morgan fingerprint density at radius 2 is 2.09 bits per heavy atom. The van der Waals surface area contributed by atoms with E-state index in [2.05, 4.69) is 4.98 Å². The third-order valence-corrected chi connectivity index (χ3v) is 3.50. The van der Waals surface area contributed by atoms with E-state index < -0.39 is 6.10 Å². The lowest BCUT2D eigenvalue weighted by Gasteiger charge is -2.20. The minimum absolute atomic E-state index is 0.129. The average Bonchev–Trinajstić information content (AvgIpc) is 2.89. The first-order chi connectivity index (χ1) is 11.0. The maximum atomic E-state index is 12.2. The number of hydrogen-bond acceptors (Lipinski definition) is 5. The fraction of sp³-hybridized carbons (Fsp3) is 0.412. The summed E-state index contributed by atoms with van der Waals surface area (Å²) in [5, 5.41) is 9.69. The number of hydrogen-bond donors (Lipinski definition) is 1. The van der Waals surface area contributed by atoms with E-state index in [1.807, 2.05) is 30.3 Å². The van der Waals surface area contributed by atoms with Crippen molar-refractivity contribution in [3.8, 4) is 11.5 Å². The van der Waals surface area contributed by atoms with E-state index >= 15 is 0 Å². The maximum absolute atomic E-state index is 12.2. The number of ether oxygens (including phenoxy) is 1. The molecule has 1 aromatic heterocycles. The number of nitrogens with zero attached hydrogens (tertiary/aromatic N) is 2. The molecule has 1 unspecified atom stereocenters. The summed E-state index contributed by atoms with van der Waals surface area (Å²) in [5.74, 6) is 1.01. The number of oxazole rings is 1. The minimum atomic E-state index is -0.702. The van der Waals surface area contributed by atoms with Crippen LogP contribution in [0.2, 0.25) is 0 Å². The van der Waals surface area contributed by atoms with E-state index in [0.717, 1.165) is 5.56 Å². The molecule has 6 heteroatoms. The highest BCUT2D eigenvalue weighted by Crippen LogP contribution is 2.21. The molecular weight excluding hydrogens is 296 g/mol. The van der Waals surface area contributed by atoms with Crippen molar-refractivity contribution in [1.82, 2.24) is 9.88 Å². The Morgan fingerprint density at radius 1 is 1.39 bits per heavy atom. The Hall–Kier alpha value is -2.18. The van der Waals surface area contributed by atoms with Crippen LogP contribution in [0.15, 0.2) is 34.7 Å². The number of amides is 1. The van der Waals surface area contributed by atoms with Crippen LogP contribution in [0.3, 0.4) is 0 Å². The Labute approximate surface area is 135 Å². The number of aromatic nitrogens is 1. The zero-order chi connectivity index (χ0) is 16.8. The van der Waals surface area contributed by atoms with Gasteiger partial charge in [-0.2, -0.15) is 0 Å². The van der Waals surface area contributed by atoms with E-state index in [4.69, 9.17) is 9.15 Å². The fourth-order valence-corrected chi connectivity index (χ4v) is 2.24. The summed E-state index contributed by atoms with van der Waals surface area (Å²) in [5.41, 5.74) is 1.49. The monoisotopic (exact) mass is 318 g/mol. The van der Waals surface area contributed by atoms with Gasteiger partial charge in [0.05, 0.1) is 24.8 Å². The highest BCUT2D eigenvalue weighted by atomic mass is 16.5. The van der Waals surface area contributed by atoms with E-state index in [0.29, 0.717) is 17.3 Å². The number of carbonyl (C=O) groups excluding carboxylic acids is 1. The largest absolute Gasteiger partial charge is 0.441 e. The average molecular weight is 318 g/mol. The molecule has 1 atom stereocenters. The number of carbonyl (C=O) groups is 1. The number of rotatable bonds is 7. The van der Waals surface area contributed by atoms with Crippen molar-refractivity contribution >= 4 is 5.91 Å². The summed E-state index contributed by atoms with van der Waals surface area (Å²) >= 11 is 0. The van der Waals surface area contributed by atoms with Crippen LogP contribution in [0, 0.1) is 6.92 Å². The fourth-order valence-electron chi connectivity index (χ4n) is 2.24. The molecule has 1 amide bonds. The van der Waals surface area contributed by atoms with Crippen LogP contribution < -0.4 is 0 Å². The van der Waals surface area contributed by atoms with Crippen LogP contribution in [0.5, 0.6) is 0 Å². The molecule has 1 aromatic carbocycles. The van der Waals surface area contributed by atoms with Crippen molar-refractivity contribution in [1.29, 1.82) is 0 Å². The number of likely N-dealkylation sites (N-methyl/N-ethyl adjacent to an activating group) is 1. The van der Waals surface area contributed by atoms with Gasteiger partial charge in [0, 0.05) is 26.3 Å². The highest BCUT2D eigenvalue weighted by Gasteiger charge is 2.18. The first kappa shape index (κ1) is 17.2. The molecular formula is C17H22N2O4. The standard InChI is InChI=1S/C17H22N2O4/c1-12-15(9-16(21)19(2)10-14(20)11-22-3)18-17(23-12)13-7-5-4-6-8-13/h4-8,14,20H,9-11H2,1-3H3. The second-order valence-electron chi connectivity index (χ2n) is 5.45. The molecule has 0 fully saturated rings. The van der Waals surface area contributed by atoms with Crippen LogP contribution in [-0.4, -0.2) is 54.3 Å². The lowest BCUT2D eigenvalue weighted by atomic mass is 10.2. The number of benzene rings is 1. The molecule has 0 radical (unpaired) electrons. The summed E-state index contributed by atoms with van der Waals surface area (Å²) in [7, 11) is 3.16. The second kappa shape index (κ2) is 7.89. The van der Waals surface area contributed by atoms with Gasteiger partial charge in [0.2, 0.25) is 11.8 Å². The van der Waals surface area contributed by atoms with Gasteiger partial charge in [-0.15, -0.1) is 0 Å². The van der Waals surface area contributed by atoms with Crippen LogP contribution in [0.4, 0.5) is 0 Å². The minimum Gasteiger partial charge on any atom is -0.441 e. The maximum Gasteiger partial charge on any atom is 0.228 e. The third kappa shape index (κ3) is 4.64. The molecule has 2 aromatic rings. The van der Waals surface area contributed by atoms with Gasteiger partial charge < -0.3 is 19.2 Å². The Bertz CT molecular complexity index is 639. The summed E-state index contributed by atoms with van der Waals surface area (Å²) in [6, 6.07) is 9.55. The molecule has 0 saturated heterocycles. The van der Waals surface area contributed by atoms with Crippen LogP contribution >= 0.6 is 0 Å². The van der Waals surface area contributed by atoms with Gasteiger partial charge >= 0.3 is 0 Å². The number of aliphatic hydroxyl groups excluding tert-OH is 1. The van der Waals surface area contributed by atoms with Gasteiger partial charge in [-0.3, -0.25) is 4.79 Å². The summed E-state index contributed by atoms with van der Waals surface area (Å²) in [6.45, 7) is 2.20. The molecule has 6 nitrogen and oxygen atoms in total. The molecule has 0 spiro atoms. The first-order valence-electron chi connectivity index (χ1n) is 7.44. The molecule has 2 rings (SSSR count). The van der Waals surface area contributed by atoms with E-state index in [1.165, 1.54) is 12.0 Å². The van der Waals surface area contributed by atoms with Gasteiger partial charge in [-0.05, 0) is 19.1 Å². The normalized spacial score (nSPS) is 12.2. The predicted molar refractivity (Wildman–Crippen MR) is 85.9 cm³/mol. The third-order valence-electron chi connectivity index (χ3n) is 3.50. The summed E-state index contributed by atoms with van der Waals surface area (Å²) < 4.78 is 10.5. The predicted octanol–water partition coefficient (Wildman–Crippen LogP) is 1.66. The molecule has 23 heavy (non-hydrogen) atoms. The Kier molecular flexibility index (Phi) is 5.90. The van der Waals surface area contributed by atoms with Gasteiger partial charge in [0.15, 0.2) is 0 Å². The van der Waals surface area contributed by atoms with Crippen molar-refractivity contribution in [2.45, 2.75) is 19.4 Å². The molecule has 1 heterocycles. The number of aliphatic hydroxyl groups is 1. The zero-order valence-electron chi connectivity index (χ0n) is 13.7. The van der Waals surface area contributed by atoms with Crippen molar-refractivity contribution in [3.05, 3.63) is 41.8 Å². The summed E-state index contributed by atoms with van der Waals surface area (Å²) in [4.78, 5) is 18.1. The van der Waals surface area contributed by atoms with E-state index in [9.17, 15) is 9.90 Å². The smallest absolute Gasteiger partial charge is 0.228 e. The number of aryl methyl sites for hydroxylation is 1. The summed E-state index contributed by atoms with van der Waals surface area (Å²) in [6.07, 6.45) is -0.564. The molecule has 0 saturated carbocycles. The zero-order valence-corrected chi connectivity index (χ0v) is 13.7. The second-order valence-corrected chi connectivity index (χ2v) is 5.45. The van der Waals surface area contributed by atoms with Crippen molar-refractivity contribution in [2.24, 2.45) is 0 Å². The molecule has 124 valence electrons. The lowest BCUT2D eigenvalue weighted by molar-refractivity contribution is -0.130. The molecule has 0 aliphatic heterocycles. The topological polar surface area (TPSA) is 75.8 Å². The molecule has 0 aliphatic carbocycles. The first-order valence-corrected chi connectivity index (χ1v) is 7.44. The molecule has 0 aliphatic rings. The van der Waals surface area contributed by atoms with Crippen molar-refractivity contribution < 1.29 is 19.1 Å². The molecule has 1 N–H and O–H groups in total. The van der Waals surface area contributed by atoms with Gasteiger partial charge in [-0.25, -0.2) is 4.98 Å². The Morgan fingerprint density at radius 3 is 2.74 bits per heavy atom.